The first-order valence-corrected chi connectivity index (χ1v) is 9.32. The minimum Gasteiger partial charge on any atom is -0.491 e. The summed E-state index contributed by atoms with van der Waals surface area (Å²) in [7, 11) is 3.25. The number of aliphatic imine (C=N–C) groups is 1. The van der Waals surface area contributed by atoms with Gasteiger partial charge in [0.15, 0.2) is 5.96 Å². The monoisotopic (exact) mass is 489 g/mol. The zero-order valence-electron chi connectivity index (χ0n) is 16.7. The molecule has 7 heteroatoms. The molecule has 0 aliphatic carbocycles. The Hall–Kier alpha value is -1.51. The van der Waals surface area contributed by atoms with E-state index in [1.54, 1.807) is 7.05 Å². The predicted molar refractivity (Wildman–Crippen MR) is 119 cm³/mol. The fourth-order valence-corrected chi connectivity index (χ4v) is 3.15. The largest absolute Gasteiger partial charge is 0.491 e. The molecule has 1 aliphatic heterocycles. The molecule has 0 atom stereocenters. The molecule has 6 nitrogen and oxygen atoms in total. The number of guanidine groups is 1. The smallest absolute Gasteiger partial charge is 0.308 e. The number of piperidine rings is 1. The Labute approximate surface area is 179 Å². The van der Waals surface area contributed by atoms with Gasteiger partial charge in [-0.3, -0.25) is 9.79 Å². The Kier molecular flexibility index (Phi) is 10.5. The number of esters is 1. The molecule has 0 saturated carbocycles. The molecule has 1 saturated heterocycles. The molecule has 1 heterocycles. The third-order valence-electron chi connectivity index (χ3n) is 4.53. The molecular weight excluding hydrogens is 457 g/mol. The van der Waals surface area contributed by atoms with Crippen molar-refractivity contribution in [3.8, 4) is 5.75 Å². The molecule has 0 unspecified atom stereocenters. The lowest BCUT2D eigenvalue weighted by molar-refractivity contribution is -0.146. The highest BCUT2D eigenvalue weighted by molar-refractivity contribution is 14.0. The fourth-order valence-electron chi connectivity index (χ4n) is 3.15. The number of halogens is 1. The lowest BCUT2D eigenvalue weighted by Crippen LogP contribution is -2.47. The molecule has 27 heavy (non-hydrogen) atoms. The topological polar surface area (TPSA) is 63.2 Å². The molecule has 0 bridgehead atoms. The third kappa shape index (κ3) is 7.56. The summed E-state index contributed by atoms with van der Waals surface area (Å²) in [5, 5.41) is 3.42. The number of benzene rings is 1. The second kappa shape index (κ2) is 12.0. The van der Waals surface area contributed by atoms with E-state index in [4.69, 9.17) is 9.47 Å². The van der Waals surface area contributed by atoms with Gasteiger partial charge in [-0.05, 0) is 50.8 Å². The second-order valence-corrected chi connectivity index (χ2v) is 6.82. The number of hydrogen-bond donors (Lipinski definition) is 1. The Balaban J connectivity index is 0.00000364. The Morgan fingerprint density at radius 1 is 1.26 bits per heavy atom. The van der Waals surface area contributed by atoms with Gasteiger partial charge in [-0.2, -0.15) is 0 Å². The Bertz CT molecular complexity index is 597. The summed E-state index contributed by atoms with van der Waals surface area (Å²) >= 11 is 0. The first-order chi connectivity index (χ1) is 12.5. The number of hydrogen-bond acceptors (Lipinski definition) is 4. The molecule has 1 aromatic rings. The van der Waals surface area contributed by atoms with Crippen molar-refractivity contribution >= 4 is 35.9 Å². The van der Waals surface area contributed by atoms with Crippen molar-refractivity contribution in [3.63, 3.8) is 0 Å². The van der Waals surface area contributed by atoms with Crippen LogP contribution in [0.4, 0.5) is 0 Å². The van der Waals surface area contributed by atoms with Gasteiger partial charge < -0.3 is 19.7 Å². The summed E-state index contributed by atoms with van der Waals surface area (Å²) in [6, 6.07) is 8.23. The van der Waals surface area contributed by atoms with Gasteiger partial charge in [-0.25, -0.2) is 0 Å². The molecule has 0 aromatic heterocycles. The standard InChI is InChI=1S/C20H31N3O3.HI/c1-15(2)26-18-7-5-16(6-8-18)9-12-22-20(21-3)23-13-10-17(11-14-23)19(24)25-4;/h5-8,15,17H,9-14H2,1-4H3,(H,21,22);1H. The van der Waals surface area contributed by atoms with Crippen LogP contribution in [0, 0.1) is 5.92 Å². The number of rotatable bonds is 6. The van der Waals surface area contributed by atoms with Crippen LogP contribution in [-0.2, 0) is 16.0 Å². The number of nitrogens with one attached hydrogen (secondary N) is 1. The van der Waals surface area contributed by atoms with Crippen LogP contribution in [0.15, 0.2) is 29.3 Å². The number of nitrogens with zero attached hydrogens (tertiary/aromatic N) is 2. The zero-order valence-corrected chi connectivity index (χ0v) is 19.1. The molecule has 0 spiro atoms. The van der Waals surface area contributed by atoms with E-state index in [9.17, 15) is 4.79 Å². The van der Waals surface area contributed by atoms with Crippen molar-refractivity contribution in [2.75, 3.05) is 33.8 Å². The van der Waals surface area contributed by atoms with Crippen LogP contribution in [0.2, 0.25) is 0 Å². The lowest BCUT2D eigenvalue weighted by atomic mass is 9.97. The van der Waals surface area contributed by atoms with Crippen molar-refractivity contribution in [1.29, 1.82) is 0 Å². The molecule has 1 fully saturated rings. The molecule has 0 radical (unpaired) electrons. The van der Waals surface area contributed by atoms with E-state index in [0.29, 0.717) is 0 Å². The van der Waals surface area contributed by atoms with Gasteiger partial charge in [0.1, 0.15) is 5.75 Å². The Morgan fingerprint density at radius 2 is 1.89 bits per heavy atom. The Morgan fingerprint density at radius 3 is 2.41 bits per heavy atom. The minimum absolute atomic E-state index is 0. The van der Waals surface area contributed by atoms with E-state index in [0.717, 1.165) is 50.6 Å². The van der Waals surface area contributed by atoms with Crippen LogP contribution < -0.4 is 10.1 Å². The number of ether oxygens (including phenoxy) is 2. The molecule has 2 rings (SSSR count). The van der Waals surface area contributed by atoms with Crippen molar-refractivity contribution in [2.45, 2.75) is 39.2 Å². The van der Waals surface area contributed by atoms with E-state index < -0.39 is 0 Å². The van der Waals surface area contributed by atoms with Gasteiger partial charge in [0.25, 0.3) is 0 Å². The lowest BCUT2D eigenvalue weighted by Gasteiger charge is -2.33. The second-order valence-electron chi connectivity index (χ2n) is 6.82. The summed E-state index contributed by atoms with van der Waals surface area (Å²) in [5.74, 6) is 1.72. The average Bonchev–Trinajstić information content (AvgIpc) is 2.66. The average molecular weight is 489 g/mol. The maximum atomic E-state index is 11.6. The highest BCUT2D eigenvalue weighted by atomic mass is 127. The summed E-state index contributed by atoms with van der Waals surface area (Å²) in [5.41, 5.74) is 1.26. The molecule has 1 aliphatic rings. The molecule has 1 aromatic carbocycles. The van der Waals surface area contributed by atoms with E-state index in [1.807, 2.05) is 26.0 Å². The van der Waals surface area contributed by atoms with Crippen LogP contribution >= 0.6 is 24.0 Å². The summed E-state index contributed by atoms with van der Waals surface area (Å²) in [6.07, 6.45) is 2.73. The summed E-state index contributed by atoms with van der Waals surface area (Å²) < 4.78 is 10.5. The van der Waals surface area contributed by atoms with Crippen LogP contribution in [0.3, 0.4) is 0 Å². The van der Waals surface area contributed by atoms with Gasteiger partial charge in [-0.1, -0.05) is 12.1 Å². The van der Waals surface area contributed by atoms with Crippen molar-refractivity contribution in [3.05, 3.63) is 29.8 Å². The van der Waals surface area contributed by atoms with E-state index in [2.05, 4.69) is 27.3 Å². The molecule has 0 amide bonds. The van der Waals surface area contributed by atoms with Gasteiger partial charge in [-0.15, -0.1) is 24.0 Å². The minimum atomic E-state index is -0.0995. The van der Waals surface area contributed by atoms with Crippen LogP contribution in [0.25, 0.3) is 0 Å². The van der Waals surface area contributed by atoms with Gasteiger partial charge in [0, 0.05) is 26.7 Å². The first kappa shape index (κ1) is 23.5. The van der Waals surface area contributed by atoms with E-state index in [-0.39, 0.29) is 42.0 Å². The molecule has 152 valence electrons. The summed E-state index contributed by atoms with van der Waals surface area (Å²) in [4.78, 5) is 18.2. The van der Waals surface area contributed by atoms with Crippen molar-refractivity contribution in [2.24, 2.45) is 10.9 Å². The number of likely N-dealkylation sites (tertiary alicyclic amines) is 1. The number of carbonyl (C=O) groups is 1. The zero-order chi connectivity index (χ0) is 18.9. The summed E-state index contributed by atoms with van der Waals surface area (Å²) in [6.45, 7) is 6.50. The highest BCUT2D eigenvalue weighted by Gasteiger charge is 2.26. The maximum absolute atomic E-state index is 11.6. The predicted octanol–water partition coefficient (Wildman–Crippen LogP) is 3.09. The normalized spacial score (nSPS) is 15.3. The third-order valence-corrected chi connectivity index (χ3v) is 4.53. The maximum Gasteiger partial charge on any atom is 0.308 e. The van der Waals surface area contributed by atoms with E-state index >= 15 is 0 Å². The number of methoxy groups -OCH3 is 1. The fraction of sp³-hybridized carbons (Fsp3) is 0.600. The van der Waals surface area contributed by atoms with Crippen LogP contribution in [0.5, 0.6) is 5.75 Å². The number of carbonyl (C=O) groups excluding carboxylic acids is 1. The van der Waals surface area contributed by atoms with Crippen LogP contribution in [-0.4, -0.2) is 56.7 Å². The highest BCUT2D eigenvalue weighted by Crippen LogP contribution is 2.18. The first-order valence-electron chi connectivity index (χ1n) is 9.32. The van der Waals surface area contributed by atoms with Crippen LogP contribution in [0.1, 0.15) is 32.3 Å². The van der Waals surface area contributed by atoms with Gasteiger partial charge >= 0.3 is 5.97 Å². The van der Waals surface area contributed by atoms with E-state index in [1.165, 1.54) is 12.7 Å². The van der Waals surface area contributed by atoms with Gasteiger partial charge in [0.05, 0.1) is 19.1 Å². The van der Waals surface area contributed by atoms with Gasteiger partial charge in [0.2, 0.25) is 0 Å². The molecule has 1 N–H and O–H groups in total. The quantitative estimate of drug-likeness (QED) is 0.288. The SMILES string of the molecule is CN=C(NCCc1ccc(OC(C)C)cc1)N1CCC(C(=O)OC)CC1.I. The van der Waals surface area contributed by atoms with Crippen molar-refractivity contribution < 1.29 is 14.3 Å². The molecular formula is C20H32IN3O3. The van der Waals surface area contributed by atoms with Crippen molar-refractivity contribution in [1.82, 2.24) is 10.2 Å².